The third-order valence-electron chi connectivity index (χ3n) is 6.14. The molecule has 0 amide bonds. The van der Waals surface area contributed by atoms with Crippen LogP contribution in [0.2, 0.25) is 0 Å². The highest BCUT2D eigenvalue weighted by atomic mass is 16.5. The molecule has 0 spiro atoms. The molecule has 3 aromatic carbocycles. The lowest BCUT2D eigenvalue weighted by molar-refractivity contribution is -0.133. The number of rotatable bonds is 10. The van der Waals surface area contributed by atoms with E-state index >= 15 is 0 Å². The largest absolute Gasteiger partial charge is 0.493 e. The lowest BCUT2D eigenvalue weighted by Crippen LogP contribution is -2.38. The van der Waals surface area contributed by atoms with Crippen molar-refractivity contribution in [2.24, 2.45) is 0 Å². The number of carbonyl (C=O) groups is 1. The van der Waals surface area contributed by atoms with Crippen molar-refractivity contribution in [3.63, 3.8) is 0 Å². The fourth-order valence-corrected chi connectivity index (χ4v) is 4.19. The summed E-state index contributed by atoms with van der Waals surface area (Å²) in [5.41, 5.74) is 10.4. The van der Waals surface area contributed by atoms with Crippen molar-refractivity contribution in [3.05, 3.63) is 119 Å². The Bertz CT molecular complexity index is 1380. The minimum atomic E-state index is -1.00. The number of oxazole rings is 1. The Hall–Kier alpha value is -4.56. The zero-order chi connectivity index (χ0) is 25.6. The monoisotopic (exact) mass is 496 g/mol. The molecule has 0 radical (unpaired) electrons. The summed E-state index contributed by atoms with van der Waals surface area (Å²) in [4.78, 5) is 16.4. The van der Waals surface area contributed by atoms with E-state index in [1.165, 1.54) is 0 Å². The van der Waals surface area contributed by atoms with E-state index in [-0.39, 0.29) is 5.70 Å². The molecule has 37 heavy (non-hydrogen) atoms. The molecule has 0 bridgehead atoms. The van der Waals surface area contributed by atoms with Crippen LogP contribution in [0.4, 0.5) is 0 Å². The molecule has 1 aliphatic rings. The fourth-order valence-electron chi connectivity index (χ4n) is 4.19. The molecule has 2 heterocycles. The Morgan fingerprint density at radius 2 is 1.68 bits per heavy atom. The second kappa shape index (κ2) is 11.0. The van der Waals surface area contributed by atoms with Gasteiger partial charge in [-0.05, 0) is 42.3 Å². The predicted molar refractivity (Wildman–Crippen MR) is 139 cm³/mol. The summed E-state index contributed by atoms with van der Waals surface area (Å²) < 4.78 is 11.8. The standard InChI is InChI=1S/C29H28N4O4/c1-20-25(30-28(37-20)23-10-6-3-7-11-23)16-17-36-24-14-12-21(13-15-24)18-26-27(29(34)35)31-32-33(26)19-22-8-4-2-5-9-22/h2-15,31-32H,16-19H2,1H3,(H,34,35). The number of aromatic nitrogens is 1. The summed E-state index contributed by atoms with van der Waals surface area (Å²) in [7, 11) is 0. The van der Waals surface area contributed by atoms with Gasteiger partial charge < -0.3 is 14.3 Å². The Balaban J connectivity index is 1.20. The van der Waals surface area contributed by atoms with E-state index in [9.17, 15) is 9.90 Å². The molecule has 0 fully saturated rings. The molecule has 1 aromatic heterocycles. The Morgan fingerprint density at radius 3 is 2.38 bits per heavy atom. The van der Waals surface area contributed by atoms with E-state index in [0.29, 0.717) is 37.6 Å². The van der Waals surface area contributed by atoms with Crippen LogP contribution in [-0.4, -0.2) is 27.7 Å². The predicted octanol–water partition coefficient (Wildman–Crippen LogP) is 4.64. The zero-order valence-corrected chi connectivity index (χ0v) is 20.5. The minimum Gasteiger partial charge on any atom is -0.493 e. The Labute approximate surface area is 215 Å². The molecule has 0 saturated heterocycles. The van der Waals surface area contributed by atoms with Crippen molar-refractivity contribution in [3.8, 4) is 17.2 Å². The number of hydrogen-bond acceptors (Lipinski definition) is 7. The van der Waals surface area contributed by atoms with Crippen LogP contribution in [0.15, 0.2) is 101 Å². The minimum absolute atomic E-state index is 0.147. The first-order valence-corrected chi connectivity index (χ1v) is 12.1. The highest BCUT2D eigenvalue weighted by Crippen LogP contribution is 2.24. The first-order chi connectivity index (χ1) is 18.1. The van der Waals surface area contributed by atoms with Gasteiger partial charge in [-0.2, -0.15) is 0 Å². The summed E-state index contributed by atoms with van der Waals surface area (Å²) in [6.07, 6.45) is 1.08. The number of nitrogens with one attached hydrogen (secondary N) is 2. The number of carboxylic acids is 1. The third kappa shape index (κ3) is 5.82. The van der Waals surface area contributed by atoms with Gasteiger partial charge in [-0.3, -0.25) is 10.4 Å². The maximum Gasteiger partial charge on any atom is 0.355 e. The maximum absolute atomic E-state index is 11.8. The average molecular weight is 497 g/mol. The van der Waals surface area contributed by atoms with Gasteiger partial charge in [-0.1, -0.05) is 60.7 Å². The van der Waals surface area contributed by atoms with Crippen LogP contribution >= 0.6 is 0 Å². The molecule has 1 aliphatic heterocycles. The molecule has 0 atom stereocenters. The first kappa shape index (κ1) is 24.1. The lowest BCUT2D eigenvalue weighted by Gasteiger charge is -2.21. The molecule has 3 N–H and O–H groups in total. The second-order valence-corrected chi connectivity index (χ2v) is 8.74. The number of aliphatic carboxylic acids is 1. The van der Waals surface area contributed by atoms with Crippen LogP contribution in [0.5, 0.6) is 5.75 Å². The quantitative estimate of drug-likeness (QED) is 0.292. The van der Waals surface area contributed by atoms with Crippen LogP contribution in [-0.2, 0) is 24.2 Å². The van der Waals surface area contributed by atoms with E-state index in [1.54, 1.807) is 0 Å². The number of hydrazine groups is 2. The van der Waals surface area contributed by atoms with Crippen molar-refractivity contribution in [2.75, 3.05) is 6.61 Å². The van der Waals surface area contributed by atoms with Crippen LogP contribution in [0.25, 0.3) is 11.5 Å². The van der Waals surface area contributed by atoms with Gasteiger partial charge in [0.1, 0.15) is 11.5 Å². The van der Waals surface area contributed by atoms with Crippen LogP contribution in [0, 0.1) is 6.92 Å². The molecular formula is C29H28N4O4. The summed E-state index contributed by atoms with van der Waals surface area (Å²) >= 11 is 0. The summed E-state index contributed by atoms with van der Waals surface area (Å²) in [5.74, 6) is 1.14. The van der Waals surface area contributed by atoms with Gasteiger partial charge in [-0.15, -0.1) is 5.53 Å². The number of nitrogens with zero attached hydrogens (tertiary/aromatic N) is 2. The molecule has 8 heteroatoms. The number of carboxylic acid groups (broad SMARTS) is 1. The Kier molecular flexibility index (Phi) is 7.19. The molecule has 0 unspecified atom stereocenters. The van der Waals surface area contributed by atoms with Gasteiger partial charge in [0.05, 0.1) is 24.5 Å². The van der Waals surface area contributed by atoms with Gasteiger partial charge >= 0.3 is 5.97 Å². The average Bonchev–Trinajstić information content (AvgIpc) is 3.49. The zero-order valence-electron chi connectivity index (χ0n) is 20.5. The smallest absolute Gasteiger partial charge is 0.355 e. The number of hydrogen-bond donors (Lipinski definition) is 3. The van der Waals surface area contributed by atoms with Crippen LogP contribution in [0.3, 0.4) is 0 Å². The van der Waals surface area contributed by atoms with Gasteiger partial charge in [0.15, 0.2) is 5.70 Å². The van der Waals surface area contributed by atoms with E-state index in [2.05, 4.69) is 15.9 Å². The van der Waals surface area contributed by atoms with Crippen molar-refractivity contribution in [1.82, 2.24) is 21.0 Å². The van der Waals surface area contributed by atoms with Gasteiger partial charge in [0.2, 0.25) is 5.89 Å². The van der Waals surface area contributed by atoms with E-state index in [1.807, 2.05) is 96.9 Å². The van der Waals surface area contributed by atoms with Crippen molar-refractivity contribution >= 4 is 5.97 Å². The Morgan fingerprint density at radius 1 is 0.973 bits per heavy atom. The molecule has 5 rings (SSSR count). The number of aryl methyl sites for hydroxylation is 1. The van der Waals surface area contributed by atoms with Crippen LogP contribution < -0.4 is 15.7 Å². The van der Waals surface area contributed by atoms with E-state index in [4.69, 9.17) is 9.15 Å². The normalized spacial score (nSPS) is 13.1. The van der Waals surface area contributed by atoms with Crippen molar-refractivity contribution in [2.45, 2.75) is 26.3 Å². The topological polar surface area (TPSA) is 99.9 Å². The molecule has 188 valence electrons. The number of benzene rings is 3. The highest BCUT2D eigenvalue weighted by Gasteiger charge is 2.26. The SMILES string of the molecule is Cc1oc(-c2ccccc2)nc1CCOc1ccc(CC2=C(C(=O)O)NNN2Cc2ccccc2)cc1. The summed E-state index contributed by atoms with van der Waals surface area (Å²) in [5, 5.41) is 11.5. The fraction of sp³-hybridized carbons (Fsp3) is 0.172. The van der Waals surface area contributed by atoms with Gasteiger partial charge in [0.25, 0.3) is 0 Å². The maximum atomic E-state index is 11.8. The second-order valence-electron chi connectivity index (χ2n) is 8.74. The van der Waals surface area contributed by atoms with Gasteiger partial charge in [-0.25, -0.2) is 9.78 Å². The molecule has 0 aliphatic carbocycles. The lowest BCUT2D eigenvalue weighted by atomic mass is 10.1. The van der Waals surface area contributed by atoms with Gasteiger partial charge in [0, 0.05) is 18.4 Å². The molecule has 8 nitrogen and oxygen atoms in total. The van der Waals surface area contributed by atoms with E-state index in [0.717, 1.165) is 33.9 Å². The highest BCUT2D eigenvalue weighted by molar-refractivity contribution is 5.87. The van der Waals surface area contributed by atoms with Crippen molar-refractivity contribution in [1.29, 1.82) is 0 Å². The molecule has 0 saturated carbocycles. The van der Waals surface area contributed by atoms with Crippen LogP contribution in [0.1, 0.15) is 22.6 Å². The third-order valence-corrected chi connectivity index (χ3v) is 6.14. The molecular weight excluding hydrogens is 468 g/mol. The molecule has 4 aromatic rings. The first-order valence-electron chi connectivity index (χ1n) is 12.1. The van der Waals surface area contributed by atoms with Crippen molar-refractivity contribution < 1.29 is 19.1 Å². The number of allylic oxidation sites excluding steroid dienone is 1. The summed E-state index contributed by atoms with van der Waals surface area (Å²) in [6, 6.07) is 27.4. The number of ether oxygens (including phenoxy) is 1. The van der Waals surface area contributed by atoms with E-state index < -0.39 is 5.97 Å². The summed E-state index contributed by atoms with van der Waals surface area (Å²) in [6.45, 7) is 2.92.